The Morgan fingerprint density at radius 3 is 2.24 bits per heavy atom. The fourth-order valence-electron chi connectivity index (χ4n) is 2.61. The highest BCUT2D eigenvalue weighted by atomic mass is 79.9. The normalized spacial score (nSPS) is 12.0. The number of ether oxygens (including phenoxy) is 2. The van der Waals surface area contributed by atoms with E-state index in [0.717, 1.165) is 17.9 Å². The lowest BCUT2D eigenvalue weighted by Gasteiger charge is -2.15. The molecule has 0 N–H and O–H groups in total. The Labute approximate surface area is 135 Å². The van der Waals surface area contributed by atoms with Crippen LogP contribution in [0.15, 0.2) is 36.4 Å². The third-order valence-electron chi connectivity index (χ3n) is 3.60. The Bertz CT molecular complexity index is 599. The molecule has 1 unspecified atom stereocenters. The fraction of sp³-hybridized carbons (Fsp3) is 0.333. The van der Waals surface area contributed by atoms with Gasteiger partial charge in [0.15, 0.2) is 0 Å². The van der Waals surface area contributed by atoms with E-state index < -0.39 is 0 Å². The molecule has 0 fully saturated rings. The first-order chi connectivity index (χ1) is 10.0. The third kappa shape index (κ3) is 3.79. The predicted octanol–water partition coefficient (Wildman–Crippen LogP) is 5.00. The maximum atomic E-state index is 5.43. The number of aryl methyl sites for hydroxylation is 2. The van der Waals surface area contributed by atoms with Gasteiger partial charge in [0.1, 0.15) is 11.5 Å². The van der Waals surface area contributed by atoms with Gasteiger partial charge >= 0.3 is 0 Å². The topological polar surface area (TPSA) is 18.5 Å². The van der Waals surface area contributed by atoms with E-state index in [-0.39, 0.29) is 4.83 Å². The average molecular weight is 349 g/mol. The molecular weight excluding hydrogens is 328 g/mol. The zero-order valence-electron chi connectivity index (χ0n) is 12.9. The Morgan fingerprint density at radius 1 is 1.00 bits per heavy atom. The highest BCUT2D eigenvalue weighted by Gasteiger charge is 2.13. The Kier molecular flexibility index (Phi) is 5.29. The van der Waals surface area contributed by atoms with Gasteiger partial charge in [0.05, 0.1) is 14.2 Å². The molecule has 0 aliphatic heterocycles. The van der Waals surface area contributed by atoms with Crippen LogP contribution >= 0.6 is 15.9 Å². The third-order valence-corrected chi connectivity index (χ3v) is 4.45. The zero-order valence-corrected chi connectivity index (χ0v) is 14.5. The lowest BCUT2D eigenvalue weighted by molar-refractivity contribution is 0.408. The number of hydrogen-bond acceptors (Lipinski definition) is 2. The van der Waals surface area contributed by atoms with Crippen molar-refractivity contribution in [2.24, 2.45) is 0 Å². The molecule has 21 heavy (non-hydrogen) atoms. The summed E-state index contributed by atoms with van der Waals surface area (Å²) >= 11 is 3.80. The van der Waals surface area contributed by atoms with Crippen molar-refractivity contribution in [3.05, 3.63) is 58.7 Å². The average Bonchev–Trinajstić information content (AvgIpc) is 2.47. The van der Waals surface area contributed by atoms with Crippen LogP contribution < -0.4 is 9.47 Å². The number of methoxy groups -OCH3 is 2. The van der Waals surface area contributed by atoms with E-state index in [1.54, 1.807) is 14.2 Å². The van der Waals surface area contributed by atoms with Crippen molar-refractivity contribution in [1.29, 1.82) is 0 Å². The lowest BCUT2D eigenvalue weighted by Crippen LogP contribution is -1.99. The maximum Gasteiger partial charge on any atom is 0.124 e. The summed E-state index contributed by atoms with van der Waals surface area (Å²) in [7, 11) is 3.41. The Hall–Kier alpha value is -1.48. The summed E-state index contributed by atoms with van der Waals surface area (Å²) in [5.74, 6) is 1.87. The molecule has 3 heteroatoms. The number of alkyl halides is 1. The molecule has 2 aromatic carbocycles. The minimum atomic E-state index is 0.271. The Balaban J connectivity index is 2.22. The largest absolute Gasteiger partial charge is 0.497 e. The molecule has 0 bridgehead atoms. The van der Waals surface area contributed by atoms with Crippen LogP contribution in [0.2, 0.25) is 0 Å². The molecule has 1 atom stereocenters. The molecule has 2 aromatic rings. The molecule has 0 aliphatic rings. The molecule has 0 aliphatic carbocycles. The molecule has 0 saturated heterocycles. The smallest absolute Gasteiger partial charge is 0.124 e. The molecule has 0 amide bonds. The van der Waals surface area contributed by atoms with Gasteiger partial charge in [0.2, 0.25) is 0 Å². The molecular formula is C18H21BrO2. The summed E-state index contributed by atoms with van der Waals surface area (Å²) in [5.41, 5.74) is 4.86. The molecule has 2 rings (SSSR count). The van der Waals surface area contributed by atoms with E-state index in [0.29, 0.717) is 0 Å². The van der Waals surface area contributed by atoms with E-state index in [4.69, 9.17) is 9.47 Å². The molecule has 0 spiro atoms. The zero-order chi connectivity index (χ0) is 15.4. The van der Waals surface area contributed by atoms with E-state index >= 15 is 0 Å². The van der Waals surface area contributed by atoms with Crippen molar-refractivity contribution < 1.29 is 9.47 Å². The van der Waals surface area contributed by atoms with Crippen molar-refractivity contribution in [2.75, 3.05) is 14.2 Å². The Morgan fingerprint density at radius 2 is 1.67 bits per heavy atom. The predicted molar refractivity (Wildman–Crippen MR) is 90.8 cm³/mol. The first kappa shape index (κ1) is 15.9. The van der Waals surface area contributed by atoms with Gasteiger partial charge in [-0.05, 0) is 54.7 Å². The van der Waals surface area contributed by atoms with Gasteiger partial charge in [-0.1, -0.05) is 40.2 Å². The van der Waals surface area contributed by atoms with Crippen LogP contribution in [0.25, 0.3) is 0 Å². The summed E-state index contributed by atoms with van der Waals surface area (Å²) in [5, 5.41) is 0. The summed E-state index contributed by atoms with van der Waals surface area (Å²) in [6, 6.07) is 12.6. The second kappa shape index (κ2) is 6.99. The first-order valence-electron chi connectivity index (χ1n) is 6.97. The number of hydrogen-bond donors (Lipinski definition) is 0. The van der Waals surface area contributed by atoms with Crippen LogP contribution in [0.4, 0.5) is 0 Å². The summed E-state index contributed by atoms with van der Waals surface area (Å²) in [4.78, 5) is 0.271. The minimum Gasteiger partial charge on any atom is -0.497 e. The quantitative estimate of drug-likeness (QED) is 0.708. The van der Waals surface area contributed by atoms with Crippen LogP contribution in [-0.2, 0) is 6.42 Å². The van der Waals surface area contributed by atoms with E-state index in [1.165, 1.54) is 22.3 Å². The summed E-state index contributed by atoms with van der Waals surface area (Å²) in [6.45, 7) is 4.17. The first-order valence-corrected chi connectivity index (χ1v) is 7.89. The van der Waals surface area contributed by atoms with Crippen molar-refractivity contribution in [3.63, 3.8) is 0 Å². The standard InChI is InChI=1S/C18H21BrO2/c1-12-8-15(9-13(2)18(12)21-4)17(19)11-14-6-5-7-16(10-14)20-3/h5-10,17H,11H2,1-4H3. The van der Waals surface area contributed by atoms with Crippen LogP contribution in [0.3, 0.4) is 0 Å². The number of benzene rings is 2. The highest BCUT2D eigenvalue weighted by molar-refractivity contribution is 9.09. The van der Waals surface area contributed by atoms with E-state index in [2.05, 4.69) is 54.0 Å². The van der Waals surface area contributed by atoms with Crippen molar-refractivity contribution in [3.8, 4) is 11.5 Å². The van der Waals surface area contributed by atoms with Gasteiger partial charge in [-0.2, -0.15) is 0 Å². The second-order valence-electron chi connectivity index (χ2n) is 5.21. The molecule has 0 heterocycles. The molecule has 112 valence electrons. The van der Waals surface area contributed by atoms with E-state index in [1.807, 2.05) is 12.1 Å². The van der Waals surface area contributed by atoms with Gasteiger partial charge < -0.3 is 9.47 Å². The summed E-state index contributed by atoms with van der Waals surface area (Å²) in [6.07, 6.45) is 0.919. The summed E-state index contributed by atoms with van der Waals surface area (Å²) < 4.78 is 10.7. The van der Waals surface area contributed by atoms with Gasteiger partial charge in [0.25, 0.3) is 0 Å². The maximum absolute atomic E-state index is 5.43. The minimum absolute atomic E-state index is 0.271. The number of halogens is 1. The van der Waals surface area contributed by atoms with Crippen molar-refractivity contribution in [1.82, 2.24) is 0 Å². The fourth-order valence-corrected chi connectivity index (χ4v) is 3.25. The van der Waals surface area contributed by atoms with Crippen LogP contribution in [-0.4, -0.2) is 14.2 Å². The SMILES string of the molecule is COc1cccc(CC(Br)c2cc(C)c(OC)c(C)c2)c1. The lowest BCUT2D eigenvalue weighted by atomic mass is 9.99. The van der Waals surface area contributed by atoms with Gasteiger partial charge in [0, 0.05) is 4.83 Å². The second-order valence-corrected chi connectivity index (χ2v) is 6.32. The van der Waals surface area contributed by atoms with Gasteiger partial charge in [-0.25, -0.2) is 0 Å². The monoisotopic (exact) mass is 348 g/mol. The van der Waals surface area contributed by atoms with Gasteiger partial charge in [-0.3, -0.25) is 0 Å². The van der Waals surface area contributed by atoms with E-state index in [9.17, 15) is 0 Å². The van der Waals surface area contributed by atoms with Crippen LogP contribution in [0, 0.1) is 13.8 Å². The number of rotatable bonds is 5. The highest BCUT2D eigenvalue weighted by Crippen LogP contribution is 2.33. The van der Waals surface area contributed by atoms with Gasteiger partial charge in [-0.15, -0.1) is 0 Å². The molecule has 0 saturated carbocycles. The van der Waals surface area contributed by atoms with Crippen molar-refractivity contribution in [2.45, 2.75) is 25.1 Å². The molecule has 0 radical (unpaired) electrons. The van der Waals surface area contributed by atoms with Crippen molar-refractivity contribution >= 4 is 15.9 Å². The van der Waals surface area contributed by atoms with Crippen LogP contribution in [0.5, 0.6) is 11.5 Å². The molecule has 2 nitrogen and oxygen atoms in total. The van der Waals surface area contributed by atoms with Crippen LogP contribution in [0.1, 0.15) is 27.1 Å². The molecule has 0 aromatic heterocycles.